The van der Waals surface area contributed by atoms with Crippen LogP contribution in [-0.4, -0.2) is 96.2 Å². The fraction of sp³-hybridized carbons (Fsp3) is 0.433. The van der Waals surface area contributed by atoms with Crippen molar-refractivity contribution >= 4 is 41.4 Å². The molecule has 0 saturated carbocycles. The van der Waals surface area contributed by atoms with Crippen molar-refractivity contribution in [1.82, 2.24) is 14.7 Å². The maximum Gasteiger partial charge on any atom is 0.335 e. The van der Waals surface area contributed by atoms with Crippen molar-refractivity contribution in [3.63, 3.8) is 0 Å². The van der Waals surface area contributed by atoms with Crippen molar-refractivity contribution in [2.75, 3.05) is 56.5 Å². The molecule has 0 bridgehead atoms. The maximum absolute atomic E-state index is 13.9. The zero-order valence-electron chi connectivity index (χ0n) is 23.2. The summed E-state index contributed by atoms with van der Waals surface area (Å²) in [5, 5.41) is 19.6. The second-order valence-electron chi connectivity index (χ2n) is 11.1. The van der Waals surface area contributed by atoms with E-state index in [9.17, 15) is 24.3 Å². The number of nitrogens with zero attached hydrogens (tertiary/aromatic N) is 4. The summed E-state index contributed by atoms with van der Waals surface area (Å²) in [6, 6.07) is 10.6. The molecule has 3 aliphatic heterocycles. The third-order valence-corrected chi connectivity index (χ3v) is 8.36. The molecule has 2 aromatic rings. The Morgan fingerprint density at radius 3 is 2.41 bits per heavy atom. The molecule has 0 radical (unpaired) electrons. The molecule has 11 heteroatoms. The van der Waals surface area contributed by atoms with Gasteiger partial charge in [0.05, 0.1) is 18.4 Å². The van der Waals surface area contributed by atoms with E-state index < -0.39 is 12.0 Å². The quantitative estimate of drug-likeness (QED) is 0.349. The zero-order valence-corrected chi connectivity index (χ0v) is 23.2. The lowest BCUT2D eigenvalue weighted by atomic mass is 9.88. The Hall–Kier alpha value is -4.25. The number of aromatic carboxylic acids is 1. The SMILES string of the molecule is CN1CCN(c2cccc3c2CCN(C(=O)CC2CCN(C=N)CC2)C3C(=O)Nc2ccc(C(=O)O)cc2)C(=O)C1. The molecular formula is C30H36N6O5. The molecule has 2 aromatic carbocycles. The van der Waals surface area contributed by atoms with E-state index in [0.717, 1.165) is 43.7 Å². The molecule has 0 spiro atoms. The highest BCUT2D eigenvalue weighted by Gasteiger charge is 2.39. The van der Waals surface area contributed by atoms with E-state index in [1.165, 1.54) is 30.6 Å². The lowest BCUT2D eigenvalue weighted by Gasteiger charge is -2.40. The molecule has 1 atom stereocenters. The summed E-state index contributed by atoms with van der Waals surface area (Å²) in [6.45, 7) is 3.44. The fourth-order valence-corrected chi connectivity index (χ4v) is 6.06. The molecule has 11 nitrogen and oxygen atoms in total. The number of nitrogens with one attached hydrogen (secondary N) is 2. The number of rotatable bonds is 7. The minimum absolute atomic E-state index is 0.00134. The van der Waals surface area contributed by atoms with E-state index >= 15 is 0 Å². The van der Waals surface area contributed by atoms with Gasteiger partial charge >= 0.3 is 5.97 Å². The lowest BCUT2D eigenvalue weighted by molar-refractivity contribution is -0.140. The van der Waals surface area contributed by atoms with E-state index in [1.54, 1.807) is 9.80 Å². The molecule has 5 rings (SSSR count). The molecule has 3 amide bonds. The summed E-state index contributed by atoms with van der Waals surface area (Å²) in [6.07, 6.45) is 3.82. The average Bonchev–Trinajstić information content (AvgIpc) is 2.97. The molecule has 3 aliphatic rings. The van der Waals surface area contributed by atoms with Gasteiger partial charge < -0.3 is 25.1 Å². The number of amides is 3. The van der Waals surface area contributed by atoms with Crippen LogP contribution in [0.15, 0.2) is 42.5 Å². The largest absolute Gasteiger partial charge is 0.478 e. The van der Waals surface area contributed by atoms with Crippen LogP contribution in [0.1, 0.15) is 46.8 Å². The van der Waals surface area contributed by atoms with Crippen LogP contribution in [0.4, 0.5) is 11.4 Å². The molecule has 1 unspecified atom stereocenters. The zero-order chi connectivity index (χ0) is 29.1. The number of carboxylic acids is 1. The third-order valence-electron chi connectivity index (χ3n) is 8.36. The van der Waals surface area contributed by atoms with Crippen molar-refractivity contribution in [2.45, 2.75) is 31.7 Å². The summed E-state index contributed by atoms with van der Waals surface area (Å²) in [5.41, 5.74) is 2.93. The molecule has 3 heterocycles. The fourth-order valence-electron chi connectivity index (χ4n) is 6.06. The highest BCUT2D eigenvalue weighted by molar-refractivity contribution is 6.00. The highest BCUT2D eigenvalue weighted by atomic mass is 16.4. The first kappa shape index (κ1) is 28.3. The number of benzene rings is 2. The van der Waals surface area contributed by atoms with Crippen LogP contribution in [0.5, 0.6) is 0 Å². The number of hydrogen-bond donors (Lipinski definition) is 3. The van der Waals surface area contributed by atoms with Crippen molar-refractivity contribution in [1.29, 1.82) is 5.41 Å². The van der Waals surface area contributed by atoms with Crippen LogP contribution >= 0.6 is 0 Å². The van der Waals surface area contributed by atoms with Gasteiger partial charge in [0.15, 0.2) is 0 Å². The normalized spacial score (nSPS) is 20.0. The first-order chi connectivity index (χ1) is 19.7. The summed E-state index contributed by atoms with van der Waals surface area (Å²) < 4.78 is 0. The van der Waals surface area contributed by atoms with Gasteiger partial charge in [0.1, 0.15) is 6.04 Å². The van der Waals surface area contributed by atoms with Gasteiger partial charge in [-0.25, -0.2) is 4.79 Å². The van der Waals surface area contributed by atoms with Crippen LogP contribution in [0.25, 0.3) is 0 Å². The topological polar surface area (TPSA) is 137 Å². The molecule has 216 valence electrons. The smallest absolute Gasteiger partial charge is 0.335 e. The second-order valence-corrected chi connectivity index (χ2v) is 11.1. The summed E-state index contributed by atoms with van der Waals surface area (Å²) in [4.78, 5) is 59.2. The standard InChI is InChI=1S/C30H36N6O5/c1-33-15-16-35(27(38)18-33)25-4-2-3-24-23(25)11-14-36(26(37)17-20-9-12-34(19-31)13-10-20)28(24)29(39)32-22-7-5-21(6-8-22)30(40)41/h2-8,19-20,28,31H,9-18H2,1H3,(H,32,39)(H,40,41). The average molecular weight is 561 g/mol. The Morgan fingerprint density at radius 2 is 1.76 bits per heavy atom. The second kappa shape index (κ2) is 12.1. The van der Waals surface area contributed by atoms with Crippen LogP contribution in [0, 0.1) is 11.3 Å². The van der Waals surface area contributed by atoms with Gasteiger partial charge in [-0.2, -0.15) is 0 Å². The molecular weight excluding hydrogens is 524 g/mol. The Bertz CT molecular complexity index is 1340. The minimum Gasteiger partial charge on any atom is -0.478 e. The van der Waals surface area contributed by atoms with Crippen molar-refractivity contribution < 1.29 is 24.3 Å². The summed E-state index contributed by atoms with van der Waals surface area (Å²) in [5.74, 6) is -1.35. The number of carboxylic acid groups (broad SMARTS) is 1. The molecule has 41 heavy (non-hydrogen) atoms. The number of likely N-dealkylation sites (tertiary alicyclic amines) is 1. The molecule has 0 aromatic heterocycles. The number of likely N-dealkylation sites (N-methyl/N-ethyl adjacent to an activating group) is 1. The van der Waals surface area contributed by atoms with E-state index in [0.29, 0.717) is 43.7 Å². The number of fused-ring (bicyclic) bond motifs is 1. The molecule has 0 aliphatic carbocycles. The number of carbonyl (C=O) groups excluding carboxylic acids is 3. The Morgan fingerprint density at radius 1 is 1.02 bits per heavy atom. The van der Waals surface area contributed by atoms with Crippen LogP contribution in [-0.2, 0) is 20.8 Å². The number of anilines is 2. The van der Waals surface area contributed by atoms with Gasteiger partial charge in [-0.1, -0.05) is 12.1 Å². The lowest BCUT2D eigenvalue weighted by Crippen LogP contribution is -2.50. The van der Waals surface area contributed by atoms with Crippen LogP contribution in [0.3, 0.4) is 0 Å². The Labute approximate surface area is 239 Å². The third kappa shape index (κ3) is 6.09. The first-order valence-corrected chi connectivity index (χ1v) is 14.0. The summed E-state index contributed by atoms with van der Waals surface area (Å²) in [7, 11) is 1.91. The minimum atomic E-state index is -1.06. The number of carbonyl (C=O) groups is 4. The Kier molecular flexibility index (Phi) is 8.34. The van der Waals surface area contributed by atoms with Crippen LogP contribution in [0.2, 0.25) is 0 Å². The monoisotopic (exact) mass is 560 g/mol. The van der Waals surface area contributed by atoms with Gasteiger partial charge in [-0.05, 0) is 73.7 Å². The maximum atomic E-state index is 13.9. The molecule has 2 saturated heterocycles. The molecule has 3 N–H and O–H groups in total. The van der Waals surface area contributed by atoms with Crippen molar-refractivity contribution in [2.24, 2.45) is 5.92 Å². The van der Waals surface area contributed by atoms with Crippen LogP contribution < -0.4 is 10.2 Å². The van der Waals surface area contributed by atoms with Gasteiger partial charge in [0.2, 0.25) is 11.8 Å². The van der Waals surface area contributed by atoms with Gasteiger partial charge in [-0.15, -0.1) is 0 Å². The van der Waals surface area contributed by atoms with Crippen molar-refractivity contribution in [3.8, 4) is 0 Å². The Balaban J connectivity index is 1.44. The molecule has 2 fully saturated rings. The predicted molar refractivity (Wildman–Crippen MR) is 154 cm³/mol. The first-order valence-electron chi connectivity index (χ1n) is 14.0. The number of piperidine rings is 1. The highest BCUT2D eigenvalue weighted by Crippen LogP contribution is 2.38. The van der Waals surface area contributed by atoms with E-state index in [1.807, 2.05) is 35.0 Å². The van der Waals surface area contributed by atoms with E-state index in [2.05, 4.69) is 5.32 Å². The summed E-state index contributed by atoms with van der Waals surface area (Å²) >= 11 is 0. The number of hydrogen-bond acceptors (Lipinski definition) is 6. The van der Waals surface area contributed by atoms with E-state index in [-0.39, 0.29) is 29.2 Å². The van der Waals surface area contributed by atoms with E-state index in [4.69, 9.17) is 5.41 Å². The van der Waals surface area contributed by atoms with Gasteiger partial charge in [-0.3, -0.25) is 24.7 Å². The van der Waals surface area contributed by atoms with Crippen molar-refractivity contribution in [3.05, 3.63) is 59.2 Å². The number of piperazine rings is 1. The predicted octanol–water partition coefficient (Wildman–Crippen LogP) is 2.44. The van der Waals surface area contributed by atoms with Gasteiger partial charge in [0.25, 0.3) is 5.91 Å². The van der Waals surface area contributed by atoms with Gasteiger partial charge in [0, 0.05) is 50.5 Å².